The van der Waals surface area contributed by atoms with E-state index in [1.54, 1.807) is 24.4 Å². The Hall–Kier alpha value is -2.89. The van der Waals surface area contributed by atoms with Gasteiger partial charge in [0.15, 0.2) is 0 Å². The molecule has 3 N–H and O–H groups in total. The molecule has 25 heavy (non-hydrogen) atoms. The molecule has 0 aliphatic heterocycles. The molecule has 0 spiro atoms. The van der Waals surface area contributed by atoms with Crippen LogP contribution < -0.4 is 15.8 Å². The molecule has 0 radical (unpaired) electrons. The number of nitrogens with zero attached hydrogens (tertiary/aromatic N) is 1. The zero-order valence-electron chi connectivity index (χ0n) is 14.5. The molecule has 1 heterocycles. The summed E-state index contributed by atoms with van der Waals surface area (Å²) in [6.45, 7) is 4.37. The summed E-state index contributed by atoms with van der Waals surface area (Å²) in [5.41, 5.74) is 7.70. The standard InChI is InChI=1S/C19H23N3O3/c1-3-7-13-10-11-21-15(12-17(20)23)18(13)22-19(24)14-8-5-6-9-16(14)25-4-2/h5-6,8-11H,3-4,7,12H2,1-2H3,(H2,20,23)(H,22,24). The fraction of sp³-hybridized carbons (Fsp3) is 0.316. The highest BCUT2D eigenvalue weighted by Gasteiger charge is 2.17. The van der Waals surface area contributed by atoms with Gasteiger partial charge in [-0.15, -0.1) is 0 Å². The van der Waals surface area contributed by atoms with Crippen molar-refractivity contribution >= 4 is 17.5 Å². The molecule has 1 aromatic carbocycles. The predicted molar refractivity (Wildman–Crippen MR) is 96.7 cm³/mol. The summed E-state index contributed by atoms with van der Waals surface area (Å²) in [7, 11) is 0. The van der Waals surface area contributed by atoms with Crippen LogP contribution in [0.5, 0.6) is 5.75 Å². The van der Waals surface area contributed by atoms with E-state index in [0.29, 0.717) is 29.3 Å². The molecule has 0 atom stereocenters. The highest BCUT2D eigenvalue weighted by molar-refractivity contribution is 6.07. The van der Waals surface area contributed by atoms with E-state index in [1.165, 1.54) is 0 Å². The van der Waals surface area contributed by atoms with Gasteiger partial charge in [0, 0.05) is 6.20 Å². The molecule has 6 heteroatoms. The van der Waals surface area contributed by atoms with Crippen molar-refractivity contribution in [1.29, 1.82) is 0 Å². The van der Waals surface area contributed by atoms with Gasteiger partial charge in [0.2, 0.25) is 5.91 Å². The van der Waals surface area contributed by atoms with Crippen molar-refractivity contribution in [3.8, 4) is 5.75 Å². The Bertz CT molecular complexity index is 759. The molecule has 2 rings (SSSR count). The summed E-state index contributed by atoms with van der Waals surface area (Å²) in [6, 6.07) is 8.88. The number of hydrogen-bond donors (Lipinski definition) is 2. The first kappa shape index (κ1) is 18.4. The molecule has 0 fully saturated rings. The van der Waals surface area contributed by atoms with E-state index in [0.717, 1.165) is 18.4 Å². The molecule has 0 aliphatic rings. The highest BCUT2D eigenvalue weighted by Crippen LogP contribution is 2.24. The van der Waals surface area contributed by atoms with Crippen LogP contribution in [0.15, 0.2) is 36.5 Å². The molecular weight excluding hydrogens is 318 g/mol. The Morgan fingerprint density at radius 2 is 1.96 bits per heavy atom. The van der Waals surface area contributed by atoms with Crippen molar-refractivity contribution in [3.63, 3.8) is 0 Å². The van der Waals surface area contributed by atoms with Crippen LogP contribution >= 0.6 is 0 Å². The van der Waals surface area contributed by atoms with Gasteiger partial charge in [0.1, 0.15) is 5.75 Å². The molecule has 0 saturated carbocycles. The molecule has 0 bridgehead atoms. The third-order valence-electron chi connectivity index (χ3n) is 3.65. The van der Waals surface area contributed by atoms with Crippen molar-refractivity contribution in [2.45, 2.75) is 33.1 Å². The first-order valence-corrected chi connectivity index (χ1v) is 8.35. The zero-order chi connectivity index (χ0) is 18.2. The van der Waals surface area contributed by atoms with Gasteiger partial charge in [-0.05, 0) is 37.1 Å². The molecule has 1 aromatic heterocycles. The smallest absolute Gasteiger partial charge is 0.259 e. The second-order valence-electron chi connectivity index (χ2n) is 5.57. The normalized spacial score (nSPS) is 10.3. The number of anilines is 1. The molecule has 0 aliphatic carbocycles. The highest BCUT2D eigenvalue weighted by atomic mass is 16.5. The number of carbonyl (C=O) groups is 2. The number of rotatable bonds is 8. The minimum atomic E-state index is -0.494. The van der Waals surface area contributed by atoms with E-state index >= 15 is 0 Å². The third kappa shape index (κ3) is 4.79. The summed E-state index contributed by atoms with van der Waals surface area (Å²) in [6.07, 6.45) is 3.27. The molecule has 6 nitrogen and oxygen atoms in total. The SMILES string of the molecule is CCCc1ccnc(CC(N)=O)c1NC(=O)c1ccccc1OCC. The summed E-state index contributed by atoms with van der Waals surface area (Å²) < 4.78 is 5.52. The Balaban J connectivity index is 2.38. The molecule has 2 aromatic rings. The van der Waals surface area contributed by atoms with Gasteiger partial charge in [-0.3, -0.25) is 14.6 Å². The Morgan fingerprint density at radius 1 is 1.20 bits per heavy atom. The summed E-state index contributed by atoms with van der Waals surface area (Å²) in [5, 5.41) is 2.90. The molecular formula is C19H23N3O3. The van der Waals surface area contributed by atoms with E-state index in [2.05, 4.69) is 10.3 Å². The van der Waals surface area contributed by atoms with Crippen LogP contribution in [0.3, 0.4) is 0 Å². The van der Waals surface area contributed by atoms with Crippen LogP contribution in [0.2, 0.25) is 0 Å². The van der Waals surface area contributed by atoms with E-state index in [-0.39, 0.29) is 12.3 Å². The number of nitrogens with two attached hydrogens (primary N) is 1. The molecule has 2 amide bonds. The van der Waals surface area contributed by atoms with Gasteiger partial charge in [0.05, 0.1) is 30.0 Å². The number of benzene rings is 1. The molecule has 0 unspecified atom stereocenters. The first-order chi connectivity index (χ1) is 12.1. The Kier molecular flexibility index (Phi) is 6.51. The number of para-hydroxylation sites is 1. The third-order valence-corrected chi connectivity index (χ3v) is 3.65. The lowest BCUT2D eigenvalue weighted by Gasteiger charge is -2.15. The number of ether oxygens (including phenoxy) is 1. The van der Waals surface area contributed by atoms with Crippen LogP contribution in [0.25, 0.3) is 0 Å². The minimum absolute atomic E-state index is 0.0275. The number of aryl methyl sites for hydroxylation is 1. The van der Waals surface area contributed by atoms with Crippen molar-refractivity contribution < 1.29 is 14.3 Å². The van der Waals surface area contributed by atoms with Gasteiger partial charge in [-0.2, -0.15) is 0 Å². The number of pyridine rings is 1. The van der Waals surface area contributed by atoms with Crippen LogP contribution in [0.4, 0.5) is 5.69 Å². The fourth-order valence-electron chi connectivity index (χ4n) is 2.60. The van der Waals surface area contributed by atoms with Crippen LogP contribution in [0, 0.1) is 0 Å². The maximum atomic E-state index is 12.8. The quantitative estimate of drug-likeness (QED) is 0.772. The van der Waals surface area contributed by atoms with Crippen molar-refractivity contribution in [1.82, 2.24) is 4.98 Å². The van der Waals surface area contributed by atoms with Gasteiger partial charge < -0.3 is 15.8 Å². The average Bonchev–Trinajstić information content (AvgIpc) is 2.58. The maximum absolute atomic E-state index is 12.8. The lowest BCUT2D eigenvalue weighted by molar-refractivity contribution is -0.117. The zero-order valence-corrected chi connectivity index (χ0v) is 14.5. The van der Waals surface area contributed by atoms with Gasteiger partial charge in [0.25, 0.3) is 5.91 Å². The lowest BCUT2D eigenvalue weighted by atomic mass is 10.1. The van der Waals surface area contributed by atoms with Crippen LogP contribution in [-0.4, -0.2) is 23.4 Å². The van der Waals surface area contributed by atoms with Crippen molar-refractivity contribution in [3.05, 3.63) is 53.3 Å². The predicted octanol–water partition coefficient (Wildman–Crippen LogP) is 2.71. The monoisotopic (exact) mass is 341 g/mol. The number of primary amides is 1. The average molecular weight is 341 g/mol. The van der Waals surface area contributed by atoms with Crippen LogP contribution in [-0.2, 0) is 17.6 Å². The number of hydrogen-bond acceptors (Lipinski definition) is 4. The number of aromatic nitrogens is 1. The molecule has 132 valence electrons. The minimum Gasteiger partial charge on any atom is -0.493 e. The van der Waals surface area contributed by atoms with Crippen molar-refractivity contribution in [2.75, 3.05) is 11.9 Å². The van der Waals surface area contributed by atoms with Gasteiger partial charge >= 0.3 is 0 Å². The van der Waals surface area contributed by atoms with E-state index in [1.807, 2.05) is 26.0 Å². The van der Waals surface area contributed by atoms with Crippen molar-refractivity contribution in [2.24, 2.45) is 5.73 Å². The number of carbonyl (C=O) groups excluding carboxylic acids is 2. The largest absolute Gasteiger partial charge is 0.493 e. The second-order valence-corrected chi connectivity index (χ2v) is 5.57. The molecule has 0 saturated heterocycles. The van der Waals surface area contributed by atoms with E-state index in [4.69, 9.17) is 10.5 Å². The van der Waals surface area contributed by atoms with Gasteiger partial charge in [-0.25, -0.2) is 0 Å². The summed E-state index contributed by atoms with van der Waals surface area (Å²) in [4.78, 5) is 28.3. The lowest BCUT2D eigenvalue weighted by Crippen LogP contribution is -2.20. The fourth-order valence-corrected chi connectivity index (χ4v) is 2.60. The van der Waals surface area contributed by atoms with E-state index in [9.17, 15) is 9.59 Å². The van der Waals surface area contributed by atoms with Gasteiger partial charge in [-0.1, -0.05) is 25.5 Å². The number of nitrogens with one attached hydrogen (secondary N) is 1. The Morgan fingerprint density at radius 3 is 2.64 bits per heavy atom. The van der Waals surface area contributed by atoms with E-state index < -0.39 is 5.91 Å². The topological polar surface area (TPSA) is 94.3 Å². The Labute approximate surface area is 147 Å². The summed E-state index contributed by atoms with van der Waals surface area (Å²) >= 11 is 0. The first-order valence-electron chi connectivity index (χ1n) is 8.35. The second kappa shape index (κ2) is 8.82. The summed E-state index contributed by atoms with van der Waals surface area (Å²) in [5.74, 6) is -0.286. The van der Waals surface area contributed by atoms with Crippen LogP contribution in [0.1, 0.15) is 41.9 Å². The maximum Gasteiger partial charge on any atom is 0.259 e. The number of amides is 2.